The van der Waals surface area contributed by atoms with Crippen LogP contribution in [-0.2, 0) is 0 Å². The minimum absolute atomic E-state index is 0.0713. The van der Waals surface area contributed by atoms with Crippen LogP contribution in [0, 0.1) is 25.2 Å². The predicted molar refractivity (Wildman–Crippen MR) is 94.0 cm³/mol. The third-order valence-electron chi connectivity index (χ3n) is 3.72. The van der Waals surface area contributed by atoms with Crippen molar-refractivity contribution < 1.29 is 14.2 Å². The van der Waals surface area contributed by atoms with E-state index in [1.54, 1.807) is 32.0 Å². The van der Waals surface area contributed by atoms with Gasteiger partial charge in [0.2, 0.25) is 5.75 Å². The maximum Gasteiger partial charge on any atom is 0.289 e. The molecule has 0 fully saturated rings. The molecule has 0 aliphatic heterocycles. The first kappa shape index (κ1) is 18.1. The molecule has 1 aromatic heterocycles. The summed E-state index contributed by atoms with van der Waals surface area (Å²) < 4.78 is 17.1. The van der Waals surface area contributed by atoms with E-state index < -0.39 is 5.56 Å². The van der Waals surface area contributed by atoms with E-state index in [-0.39, 0.29) is 5.56 Å². The van der Waals surface area contributed by atoms with E-state index in [1.165, 1.54) is 32.2 Å². The van der Waals surface area contributed by atoms with E-state index >= 15 is 0 Å². The molecule has 7 nitrogen and oxygen atoms in total. The van der Waals surface area contributed by atoms with E-state index in [1.807, 2.05) is 6.07 Å². The molecule has 0 N–H and O–H groups in total. The lowest BCUT2D eigenvalue weighted by Crippen LogP contribution is -2.22. The van der Waals surface area contributed by atoms with Gasteiger partial charge in [0.15, 0.2) is 11.5 Å². The number of hydrogen-bond donors (Lipinski definition) is 0. The van der Waals surface area contributed by atoms with Gasteiger partial charge >= 0.3 is 0 Å². The van der Waals surface area contributed by atoms with Crippen LogP contribution < -0.4 is 19.8 Å². The standard InChI is InChI=1S/C18H19N3O4/c1-11-8-12(2)21(18(22)14(11)9-19)20-10-13-6-7-15(23-3)17(25-5)16(13)24-4/h6-8,10H,1-5H3/b20-10-. The maximum absolute atomic E-state index is 12.4. The molecule has 0 radical (unpaired) electrons. The molecule has 0 amide bonds. The third-order valence-corrected chi connectivity index (χ3v) is 3.72. The first-order valence-electron chi connectivity index (χ1n) is 7.45. The Hall–Kier alpha value is -3.27. The van der Waals surface area contributed by atoms with Crippen LogP contribution in [0.5, 0.6) is 17.2 Å². The first-order valence-corrected chi connectivity index (χ1v) is 7.45. The van der Waals surface area contributed by atoms with Crippen molar-refractivity contribution in [2.45, 2.75) is 13.8 Å². The Morgan fingerprint density at radius 2 is 1.80 bits per heavy atom. The molecule has 0 aliphatic rings. The molecule has 0 atom stereocenters. The van der Waals surface area contributed by atoms with Gasteiger partial charge in [-0.05, 0) is 37.6 Å². The summed E-state index contributed by atoms with van der Waals surface area (Å²) in [6, 6.07) is 7.11. The minimum Gasteiger partial charge on any atom is -0.493 e. The Labute approximate surface area is 145 Å². The number of ether oxygens (including phenoxy) is 3. The van der Waals surface area contributed by atoms with Gasteiger partial charge in [0.05, 0.1) is 27.5 Å². The molecular formula is C18H19N3O4. The number of pyridine rings is 1. The molecule has 2 rings (SSSR count). The number of hydrogen-bond acceptors (Lipinski definition) is 6. The predicted octanol–water partition coefficient (Wildman–Crippen LogP) is 2.24. The van der Waals surface area contributed by atoms with Gasteiger partial charge < -0.3 is 14.2 Å². The largest absolute Gasteiger partial charge is 0.493 e. The van der Waals surface area contributed by atoms with Crippen molar-refractivity contribution in [2.75, 3.05) is 21.3 Å². The molecule has 130 valence electrons. The molecular weight excluding hydrogens is 322 g/mol. The zero-order chi connectivity index (χ0) is 18.6. The number of aryl methyl sites for hydroxylation is 2. The van der Waals surface area contributed by atoms with E-state index in [9.17, 15) is 4.79 Å². The normalized spacial score (nSPS) is 10.6. The van der Waals surface area contributed by atoms with Gasteiger partial charge in [-0.25, -0.2) is 4.68 Å². The summed E-state index contributed by atoms with van der Waals surface area (Å²) in [5.74, 6) is 1.38. The Bertz CT molecular complexity index is 923. The van der Waals surface area contributed by atoms with Crippen molar-refractivity contribution in [1.82, 2.24) is 4.68 Å². The summed E-state index contributed by atoms with van der Waals surface area (Å²) in [6.45, 7) is 3.47. The van der Waals surface area contributed by atoms with Gasteiger partial charge in [-0.2, -0.15) is 10.4 Å². The summed E-state index contributed by atoms with van der Waals surface area (Å²) in [5, 5.41) is 13.4. The molecule has 0 aliphatic carbocycles. The van der Waals surface area contributed by atoms with Crippen LogP contribution in [0.15, 0.2) is 28.1 Å². The van der Waals surface area contributed by atoms with Crippen LogP contribution in [0.3, 0.4) is 0 Å². The molecule has 7 heteroatoms. The van der Waals surface area contributed by atoms with Gasteiger partial charge in [0.25, 0.3) is 5.56 Å². The maximum atomic E-state index is 12.4. The van der Waals surface area contributed by atoms with E-state index in [2.05, 4.69) is 5.10 Å². The SMILES string of the molecule is COc1ccc(/C=N\n2c(C)cc(C)c(C#N)c2=O)c(OC)c1OC. The average molecular weight is 341 g/mol. The molecule has 2 aromatic rings. The Morgan fingerprint density at radius 3 is 2.36 bits per heavy atom. The molecule has 1 heterocycles. The number of nitrogens with zero attached hydrogens (tertiary/aromatic N) is 3. The average Bonchev–Trinajstić information content (AvgIpc) is 2.60. The van der Waals surface area contributed by atoms with Gasteiger partial charge in [-0.15, -0.1) is 0 Å². The molecule has 0 saturated heterocycles. The van der Waals surface area contributed by atoms with Crippen LogP contribution >= 0.6 is 0 Å². The van der Waals surface area contributed by atoms with Crippen molar-refractivity contribution >= 4 is 6.21 Å². The van der Waals surface area contributed by atoms with Crippen molar-refractivity contribution in [3.8, 4) is 23.3 Å². The quantitative estimate of drug-likeness (QED) is 0.779. The zero-order valence-corrected chi connectivity index (χ0v) is 14.8. The lowest BCUT2D eigenvalue weighted by Gasteiger charge is -2.14. The zero-order valence-electron chi connectivity index (χ0n) is 14.8. The lowest BCUT2D eigenvalue weighted by molar-refractivity contribution is 0.324. The highest BCUT2D eigenvalue weighted by atomic mass is 16.5. The van der Waals surface area contributed by atoms with E-state index in [0.29, 0.717) is 34.1 Å². The fourth-order valence-corrected chi connectivity index (χ4v) is 2.51. The summed E-state index contributed by atoms with van der Waals surface area (Å²) in [5.41, 5.74) is 1.46. The summed E-state index contributed by atoms with van der Waals surface area (Å²) >= 11 is 0. The Balaban J connectivity index is 2.58. The molecule has 1 aromatic carbocycles. The van der Waals surface area contributed by atoms with Crippen LogP contribution in [0.1, 0.15) is 22.4 Å². The second-order valence-corrected chi connectivity index (χ2v) is 5.24. The molecule has 0 spiro atoms. The fourth-order valence-electron chi connectivity index (χ4n) is 2.51. The second-order valence-electron chi connectivity index (χ2n) is 5.24. The van der Waals surface area contributed by atoms with Crippen molar-refractivity contribution in [3.63, 3.8) is 0 Å². The van der Waals surface area contributed by atoms with Crippen LogP contribution in [0.4, 0.5) is 0 Å². The summed E-state index contributed by atoms with van der Waals surface area (Å²) in [6.07, 6.45) is 1.48. The third kappa shape index (κ3) is 3.33. The topological polar surface area (TPSA) is 85.8 Å². The number of benzene rings is 1. The molecule has 0 unspecified atom stereocenters. The fraction of sp³-hybridized carbons (Fsp3) is 0.278. The smallest absolute Gasteiger partial charge is 0.289 e. The first-order chi connectivity index (χ1) is 12.0. The molecule has 0 saturated carbocycles. The van der Waals surface area contributed by atoms with Gasteiger partial charge in [0, 0.05) is 11.3 Å². The van der Waals surface area contributed by atoms with E-state index in [4.69, 9.17) is 19.5 Å². The van der Waals surface area contributed by atoms with Crippen molar-refractivity contribution in [1.29, 1.82) is 5.26 Å². The van der Waals surface area contributed by atoms with Gasteiger partial charge in [-0.3, -0.25) is 4.79 Å². The van der Waals surface area contributed by atoms with Gasteiger partial charge in [0.1, 0.15) is 11.6 Å². The Kier molecular flexibility index (Phi) is 5.45. The van der Waals surface area contributed by atoms with Crippen LogP contribution in [0.25, 0.3) is 0 Å². The lowest BCUT2D eigenvalue weighted by atomic mass is 10.1. The van der Waals surface area contributed by atoms with Crippen molar-refractivity contribution in [2.24, 2.45) is 5.10 Å². The highest BCUT2D eigenvalue weighted by Crippen LogP contribution is 2.38. The number of methoxy groups -OCH3 is 3. The highest BCUT2D eigenvalue weighted by Gasteiger charge is 2.15. The summed E-state index contributed by atoms with van der Waals surface area (Å²) in [7, 11) is 4.55. The second kappa shape index (κ2) is 7.53. The Morgan fingerprint density at radius 1 is 1.12 bits per heavy atom. The number of aromatic nitrogens is 1. The van der Waals surface area contributed by atoms with Crippen LogP contribution in [-0.4, -0.2) is 32.2 Å². The van der Waals surface area contributed by atoms with Crippen molar-refractivity contribution in [3.05, 3.63) is 50.9 Å². The monoisotopic (exact) mass is 341 g/mol. The number of nitriles is 1. The number of rotatable bonds is 5. The summed E-state index contributed by atoms with van der Waals surface area (Å²) in [4.78, 5) is 12.4. The minimum atomic E-state index is -0.462. The van der Waals surface area contributed by atoms with Gasteiger partial charge in [-0.1, -0.05) is 0 Å². The molecule has 25 heavy (non-hydrogen) atoms. The van der Waals surface area contributed by atoms with E-state index in [0.717, 1.165) is 0 Å². The van der Waals surface area contributed by atoms with Crippen LogP contribution in [0.2, 0.25) is 0 Å². The highest BCUT2D eigenvalue weighted by molar-refractivity contribution is 5.86. The molecule has 0 bridgehead atoms.